The number of benzene rings is 1. The zero-order valence-corrected chi connectivity index (χ0v) is 16.6. The molecule has 28 heavy (non-hydrogen) atoms. The van der Waals surface area contributed by atoms with Gasteiger partial charge in [-0.3, -0.25) is 14.4 Å². The van der Waals surface area contributed by atoms with Crippen LogP contribution in [0.4, 0.5) is 5.69 Å². The van der Waals surface area contributed by atoms with Crippen LogP contribution < -0.4 is 9.64 Å². The Bertz CT molecular complexity index is 727. The van der Waals surface area contributed by atoms with Crippen molar-refractivity contribution in [2.24, 2.45) is 11.8 Å². The van der Waals surface area contributed by atoms with Crippen molar-refractivity contribution >= 4 is 23.5 Å². The van der Waals surface area contributed by atoms with Crippen LogP contribution >= 0.6 is 0 Å². The molecule has 7 heteroatoms. The van der Waals surface area contributed by atoms with Gasteiger partial charge in [0.05, 0.1) is 30.7 Å². The Balaban J connectivity index is 1.61. The van der Waals surface area contributed by atoms with E-state index >= 15 is 0 Å². The molecule has 1 aromatic carbocycles. The molecule has 0 radical (unpaired) electrons. The average Bonchev–Trinajstić information content (AvgIpc) is 3.10. The Morgan fingerprint density at radius 2 is 1.79 bits per heavy atom. The molecule has 2 fully saturated rings. The van der Waals surface area contributed by atoms with Crippen LogP contribution in [0.1, 0.15) is 33.1 Å². The molecule has 0 saturated carbocycles. The summed E-state index contributed by atoms with van der Waals surface area (Å²) in [5.41, 5.74) is 0.714. The molecule has 0 unspecified atom stereocenters. The molecule has 2 aliphatic heterocycles. The summed E-state index contributed by atoms with van der Waals surface area (Å²) in [6, 6.07) is 7.41. The lowest BCUT2D eigenvalue weighted by atomic mass is 9.95. The van der Waals surface area contributed by atoms with Crippen molar-refractivity contribution in [3.05, 3.63) is 24.3 Å². The van der Waals surface area contributed by atoms with Crippen LogP contribution in [-0.2, 0) is 19.1 Å². The van der Waals surface area contributed by atoms with Gasteiger partial charge in [0.1, 0.15) is 5.75 Å². The first kappa shape index (κ1) is 20.2. The number of likely N-dealkylation sites (tertiary alicyclic amines) is 1. The minimum atomic E-state index is -0.360. The number of nitrogens with zero attached hydrogens (tertiary/aromatic N) is 2. The molecule has 1 atom stereocenters. The average molecular weight is 388 g/mol. The van der Waals surface area contributed by atoms with Gasteiger partial charge in [0.25, 0.3) is 0 Å². The van der Waals surface area contributed by atoms with Gasteiger partial charge in [0.2, 0.25) is 11.8 Å². The summed E-state index contributed by atoms with van der Waals surface area (Å²) < 4.78 is 10.7. The van der Waals surface area contributed by atoms with Gasteiger partial charge in [-0.1, -0.05) is 12.1 Å². The molecule has 152 valence electrons. The molecule has 0 bridgehead atoms. The number of piperidine rings is 1. The van der Waals surface area contributed by atoms with E-state index in [-0.39, 0.29) is 36.0 Å². The van der Waals surface area contributed by atoms with Crippen molar-refractivity contribution in [2.45, 2.75) is 33.1 Å². The highest BCUT2D eigenvalue weighted by atomic mass is 16.5. The third kappa shape index (κ3) is 4.29. The van der Waals surface area contributed by atoms with Gasteiger partial charge in [0.15, 0.2) is 0 Å². The number of para-hydroxylation sites is 2. The zero-order valence-electron chi connectivity index (χ0n) is 16.6. The van der Waals surface area contributed by atoms with Crippen molar-refractivity contribution in [3.8, 4) is 5.75 Å². The minimum Gasteiger partial charge on any atom is -0.492 e. The normalized spacial score (nSPS) is 20.4. The molecule has 0 N–H and O–H groups in total. The van der Waals surface area contributed by atoms with E-state index < -0.39 is 0 Å². The highest BCUT2D eigenvalue weighted by Crippen LogP contribution is 2.34. The lowest BCUT2D eigenvalue weighted by molar-refractivity contribution is -0.151. The quantitative estimate of drug-likeness (QED) is 0.699. The van der Waals surface area contributed by atoms with Crippen LogP contribution in [0.25, 0.3) is 0 Å². The molecule has 7 nitrogen and oxygen atoms in total. The fraction of sp³-hybridized carbons (Fsp3) is 0.571. The molecule has 0 aliphatic carbocycles. The standard InChI is InChI=1S/C21H28N2O5/c1-3-27-18-8-6-5-7-17(18)23-14-16(13-19(23)24)20(25)22-11-9-15(10-12-22)21(26)28-4-2/h5-8,15-16H,3-4,9-14H2,1-2H3/t16-/m0/s1. The molecule has 2 heterocycles. The van der Waals surface area contributed by atoms with E-state index in [2.05, 4.69) is 0 Å². The summed E-state index contributed by atoms with van der Waals surface area (Å²) in [4.78, 5) is 40.8. The van der Waals surface area contributed by atoms with Crippen LogP contribution in [-0.4, -0.2) is 55.5 Å². The second-order valence-corrected chi connectivity index (χ2v) is 7.16. The van der Waals surface area contributed by atoms with E-state index in [0.29, 0.717) is 57.1 Å². The largest absolute Gasteiger partial charge is 0.492 e. The first-order valence-electron chi connectivity index (χ1n) is 10.0. The smallest absolute Gasteiger partial charge is 0.309 e. The lowest BCUT2D eigenvalue weighted by Gasteiger charge is -2.32. The monoisotopic (exact) mass is 388 g/mol. The Morgan fingerprint density at radius 1 is 1.07 bits per heavy atom. The van der Waals surface area contributed by atoms with E-state index in [9.17, 15) is 14.4 Å². The van der Waals surface area contributed by atoms with Gasteiger partial charge in [-0.25, -0.2) is 0 Å². The van der Waals surface area contributed by atoms with Gasteiger partial charge < -0.3 is 19.3 Å². The maximum Gasteiger partial charge on any atom is 0.309 e. The van der Waals surface area contributed by atoms with E-state index in [0.717, 1.165) is 0 Å². The van der Waals surface area contributed by atoms with Crippen LogP contribution in [0, 0.1) is 11.8 Å². The number of esters is 1. The highest BCUT2D eigenvalue weighted by Gasteiger charge is 2.39. The van der Waals surface area contributed by atoms with E-state index in [1.165, 1.54) is 0 Å². The van der Waals surface area contributed by atoms with Crippen molar-refractivity contribution in [1.29, 1.82) is 0 Å². The van der Waals surface area contributed by atoms with Crippen LogP contribution in [0.3, 0.4) is 0 Å². The summed E-state index contributed by atoms with van der Waals surface area (Å²) in [7, 11) is 0. The number of hydrogen-bond acceptors (Lipinski definition) is 5. The van der Waals surface area contributed by atoms with Gasteiger partial charge in [-0.05, 0) is 38.8 Å². The summed E-state index contributed by atoms with van der Waals surface area (Å²) in [5.74, 6) is -0.0879. The second-order valence-electron chi connectivity index (χ2n) is 7.16. The molecule has 0 spiro atoms. The fourth-order valence-corrected chi connectivity index (χ4v) is 3.92. The third-order valence-electron chi connectivity index (χ3n) is 5.36. The molecular formula is C21H28N2O5. The predicted molar refractivity (Wildman–Crippen MR) is 104 cm³/mol. The molecule has 1 aromatic rings. The Morgan fingerprint density at radius 3 is 2.46 bits per heavy atom. The zero-order chi connectivity index (χ0) is 20.1. The summed E-state index contributed by atoms with van der Waals surface area (Å²) in [5, 5.41) is 0. The number of carbonyl (C=O) groups is 3. The number of ether oxygens (including phenoxy) is 2. The topological polar surface area (TPSA) is 76.2 Å². The Labute approximate surface area is 165 Å². The molecule has 2 amide bonds. The second kappa shape index (κ2) is 9.08. The Hall–Kier alpha value is -2.57. The van der Waals surface area contributed by atoms with Crippen molar-refractivity contribution in [1.82, 2.24) is 4.90 Å². The van der Waals surface area contributed by atoms with Gasteiger partial charge in [0, 0.05) is 26.1 Å². The van der Waals surface area contributed by atoms with E-state index in [1.807, 2.05) is 31.2 Å². The van der Waals surface area contributed by atoms with Crippen molar-refractivity contribution in [3.63, 3.8) is 0 Å². The van der Waals surface area contributed by atoms with Crippen molar-refractivity contribution < 1.29 is 23.9 Å². The number of amides is 2. The summed E-state index contributed by atoms with van der Waals surface area (Å²) in [6.45, 7) is 6.00. The van der Waals surface area contributed by atoms with Crippen LogP contribution in [0.2, 0.25) is 0 Å². The molecule has 2 aliphatic rings. The van der Waals surface area contributed by atoms with Crippen LogP contribution in [0.5, 0.6) is 5.75 Å². The number of anilines is 1. The first-order valence-corrected chi connectivity index (χ1v) is 10.0. The first-order chi connectivity index (χ1) is 13.5. The van der Waals surface area contributed by atoms with E-state index in [1.54, 1.807) is 16.7 Å². The molecule has 3 rings (SSSR count). The van der Waals surface area contributed by atoms with Gasteiger partial charge in [-0.2, -0.15) is 0 Å². The maximum absolute atomic E-state index is 12.9. The number of carbonyl (C=O) groups excluding carboxylic acids is 3. The fourth-order valence-electron chi connectivity index (χ4n) is 3.92. The summed E-state index contributed by atoms with van der Waals surface area (Å²) in [6.07, 6.45) is 1.43. The minimum absolute atomic E-state index is 0.00736. The van der Waals surface area contributed by atoms with Crippen LogP contribution in [0.15, 0.2) is 24.3 Å². The SMILES string of the molecule is CCOC(=O)C1CCN(C(=O)[C@H]2CC(=O)N(c3ccccc3OCC)C2)CC1. The summed E-state index contributed by atoms with van der Waals surface area (Å²) >= 11 is 0. The lowest BCUT2D eigenvalue weighted by Crippen LogP contribution is -2.44. The van der Waals surface area contributed by atoms with E-state index in [4.69, 9.17) is 9.47 Å². The number of rotatable bonds is 6. The molecule has 2 saturated heterocycles. The number of hydrogen-bond donors (Lipinski definition) is 0. The molecular weight excluding hydrogens is 360 g/mol. The van der Waals surface area contributed by atoms with Gasteiger partial charge >= 0.3 is 5.97 Å². The molecule has 0 aromatic heterocycles. The van der Waals surface area contributed by atoms with Crippen molar-refractivity contribution in [2.75, 3.05) is 37.7 Å². The van der Waals surface area contributed by atoms with Gasteiger partial charge in [-0.15, -0.1) is 0 Å². The third-order valence-corrected chi connectivity index (χ3v) is 5.36. The predicted octanol–water partition coefficient (Wildman–Crippen LogP) is 2.24. The highest BCUT2D eigenvalue weighted by molar-refractivity contribution is 6.01. The maximum atomic E-state index is 12.9. The Kier molecular flexibility index (Phi) is 6.54.